The Kier molecular flexibility index (Phi) is 4.52. The Morgan fingerprint density at radius 3 is 3.00 bits per heavy atom. The van der Waals surface area contributed by atoms with Crippen LogP contribution in [-0.2, 0) is 13.6 Å². The summed E-state index contributed by atoms with van der Waals surface area (Å²) in [5.41, 5.74) is 8.67. The monoisotopic (exact) mass is 323 g/mol. The average molecular weight is 324 g/mol. The van der Waals surface area contributed by atoms with Crippen molar-refractivity contribution in [3.8, 4) is 11.4 Å². The third-order valence-electron chi connectivity index (χ3n) is 4.11. The van der Waals surface area contributed by atoms with Crippen LogP contribution in [0, 0.1) is 6.92 Å². The number of aromatic nitrogens is 3. The van der Waals surface area contributed by atoms with Crippen molar-refractivity contribution in [2.24, 2.45) is 12.8 Å². The van der Waals surface area contributed by atoms with Crippen LogP contribution < -0.4 is 5.73 Å². The molecule has 7 heteroatoms. The number of hydrogen-bond donors (Lipinski definition) is 1. The van der Waals surface area contributed by atoms with Crippen molar-refractivity contribution >= 4 is 11.6 Å². The van der Waals surface area contributed by atoms with E-state index in [0.29, 0.717) is 5.15 Å². The quantitative estimate of drug-likeness (QED) is 0.938. The van der Waals surface area contributed by atoms with Gasteiger partial charge in [0.05, 0.1) is 0 Å². The Bertz CT molecular complexity index is 650. The third kappa shape index (κ3) is 3.19. The molecule has 0 radical (unpaired) electrons. The van der Waals surface area contributed by atoms with Crippen LogP contribution in [0.4, 0.5) is 0 Å². The molecule has 3 rings (SSSR count). The fourth-order valence-electron chi connectivity index (χ4n) is 2.99. The van der Waals surface area contributed by atoms with Crippen molar-refractivity contribution in [2.45, 2.75) is 38.8 Å². The average Bonchev–Trinajstić information content (AvgIpc) is 2.93. The van der Waals surface area contributed by atoms with Crippen molar-refractivity contribution in [2.75, 3.05) is 13.1 Å². The van der Waals surface area contributed by atoms with Crippen molar-refractivity contribution in [3.63, 3.8) is 0 Å². The lowest BCUT2D eigenvalue weighted by molar-refractivity contribution is 0.265. The Balaban J connectivity index is 1.89. The van der Waals surface area contributed by atoms with Crippen LogP contribution in [0.3, 0.4) is 0 Å². The zero-order valence-electron chi connectivity index (χ0n) is 13.0. The summed E-state index contributed by atoms with van der Waals surface area (Å²) in [6.07, 6.45) is 3.45. The fraction of sp³-hybridized carbons (Fsp3) is 0.600. The van der Waals surface area contributed by atoms with E-state index in [1.54, 1.807) is 4.68 Å². The molecule has 2 aromatic rings. The molecule has 0 unspecified atom stereocenters. The standard InChI is InChI=1S/C15H22ClN5O/c1-10-7-13(19-22-10)14-12(15(16)20(2)18-14)9-21-6-4-3-5-11(17)8-21/h7,11H,3-6,8-9,17H2,1-2H3/t11-/m0/s1. The largest absolute Gasteiger partial charge is 0.361 e. The molecule has 120 valence electrons. The van der Waals surface area contributed by atoms with E-state index >= 15 is 0 Å². The van der Waals surface area contributed by atoms with Crippen molar-refractivity contribution in [1.82, 2.24) is 19.8 Å². The number of nitrogens with zero attached hydrogens (tertiary/aromatic N) is 4. The fourth-order valence-corrected chi connectivity index (χ4v) is 3.18. The summed E-state index contributed by atoms with van der Waals surface area (Å²) in [4.78, 5) is 2.36. The second kappa shape index (κ2) is 6.40. The normalized spacial score (nSPS) is 20.3. The van der Waals surface area contributed by atoms with Gasteiger partial charge in [0.25, 0.3) is 0 Å². The van der Waals surface area contributed by atoms with Gasteiger partial charge in [0, 0.05) is 37.8 Å². The molecule has 1 atom stereocenters. The van der Waals surface area contributed by atoms with Crippen molar-refractivity contribution < 1.29 is 4.52 Å². The lowest BCUT2D eigenvalue weighted by Crippen LogP contribution is -2.35. The van der Waals surface area contributed by atoms with Crippen LogP contribution in [0.1, 0.15) is 30.6 Å². The van der Waals surface area contributed by atoms with Crippen LogP contribution in [0.25, 0.3) is 11.4 Å². The maximum absolute atomic E-state index is 6.45. The number of halogens is 1. The van der Waals surface area contributed by atoms with Crippen LogP contribution in [0.2, 0.25) is 5.15 Å². The molecule has 1 aliphatic rings. The smallest absolute Gasteiger partial charge is 0.134 e. The van der Waals surface area contributed by atoms with Crippen LogP contribution in [0.5, 0.6) is 0 Å². The van der Waals surface area contributed by atoms with E-state index in [0.717, 1.165) is 48.8 Å². The van der Waals surface area contributed by atoms with E-state index in [2.05, 4.69) is 15.2 Å². The number of nitrogens with two attached hydrogens (primary N) is 1. The van der Waals surface area contributed by atoms with E-state index < -0.39 is 0 Å². The number of hydrogen-bond acceptors (Lipinski definition) is 5. The van der Waals surface area contributed by atoms with Crippen molar-refractivity contribution in [1.29, 1.82) is 0 Å². The summed E-state index contributed by atoms with van der Waals surface area (Å²) in [5, 5.41) is 9.23. The molecular formula is C15H22ClN5O. The molecular weight excluding hydrogens is 302 g/mol. The van der Waals surface area contributed by atoms with Gasteiger partial charge in [-0.25, -0.2) is 0 Å². The molecule has 6 nitrogen and oxygen atoms in total. The van der Waals surface area contributed by atoms with E-state index in [9.17, 15) is 0 Å². The molecule has 1 fully saturated rings. The summed E-state index contributed by atoms with van der Waals surface area (Å²) in [7, 11) is 1.84. The zero-order chi connectivity index (χ0) is 15.7. The third-order valence-corrected chi connectivity index (χ3v) is 4.59. The van der Waals surface area contributed by atoms with Gasteiger partial charge in [-0.05, 0) is 26.3 Å². The van der Waals surface area contributed by atoms with E-state index in [1.165, 1.54) is 12.8 Å². The van der Waals surface area contributed by atoms with E-state index in [-0.39, 0.29) is 6.04 Å². The Labute approximate surface area is 135 Å². The molecule has 0 saturated carbocycles. The summed E-state index contributed by atoms with van der Waals surface area (Å²) in [6.45, 7) is 4.54. The molecule has 22 heavy (non-hydrogen) atoms. The van der Waals surface area contributed by atoms with E-state index in [4.69, 9.17) is 21.9 Å². The van der Waals surface area contributed by atoms with Gasteiger partial charge in [-0.1, -0.05) is 23.2 Å². The van der Waals surface area contributed by atoms with Gasteiger partial charge >= 0.3 is 0 Å². The van der Waals surface area contributed by atoms with Crippen LogP contribution >= 0.6 is 11.6 Å². The minimum Gasteiger partial charge on any atom is -0.361 e. The van der Waals surface area contributed by atoms with Crippen LogP contribution in [0.15, 0.2) is 10.6 Å². The zero-order valence-corrected chi connectivity index (χ0v) is 13.8. The Morgan fingerprint density at radius 1 is 1.45 bits per heavy atom. The summed E-state index contributed by atoms with van der Waals surface area (Å²) < 4.78 is 6.86. The number of rotatable bonds is 3. The predicted molar refractivity (Wildman–Crippen MR) is 85.6 cm³/mol. The molecule has 3 heterocycles. The Morgan fingerprint density at radius 2 is 2.27 bits per heavy atom. The maximum atomic E-state index is 6.45. The Hall–Kier alpha value is -1.37. The van der Waals surface area contributed by atoms with Gasteiger partial charge in [-0.15, -0.1) is 0 Å². The second-order valence-electron chi connectivity index (χ2n) is 6.06. The summed E-state index contributed by atoms with van der Waals surface area (Å²) >= 11 is 6.45. The minimum absolute atomic E-state index is 0.232. The molecule has 1 saturated heterocycles. The summed E-state index contributed by atoms with van der Waals surface area (Å²) in [5.74, 6) is 0.763. The summed E-state index contributed by atoms with van der Waals surface area (Å²) in [6, 6.07) is 2.12. The van der Waals surface area contributed by atoms with Gasteiger partial charge in [0.15, 0.2) is 0 Å². The first-order chi connectivity index (χ1) is 10.5. The maximum Gasteiger partial charge on any atom is 0.134 e. The lowest BCUT2D eigenvalue weighted by Gasteiger charge is -2.22. The van der Waals surface area contributed by atoms with Gasteiger partial charge in [0.1, 0.15) is 22.3 Å². The highest BCUT2D eigenvalue weighted by molar-refractivity contribution is 6.30. The molecule has 0 spiro atoms. The highest BCUT2D eigenvalue weighted by Gasteiger charge is 2.23. The first-order valence-corrected chi connectivity index (χ1v) is 8.05. The van der Waals surface area contributed by atoms with Gasteiger partial charge in [-0.3, -0.25) is 9.58 Å². The van der Waals surface area contributed by atoms with Gasteiger partial charge in [0.2, 0.25) is 0 Å². The molecule has 2 aromatic heterocycles. The second-order valence-corrected chi connectivity index (χ2v) is 6.41. The lowest BCUT2D eigenvalue weighted by atomic mass is 10.1. The van der Waals surface area contributed by atoms with Gasteiger partial charge < -0.3 is 10.3 Å². The van der Waals surface area contributed by atoms with E-state index in [1.807, 2.05) is 20.0 Å². The first kappa shape index (κ1) is 15.5. The number of likely N-dealkylation sites (tertiary alicyclic amines) is 1. The highest BCUT2D eigenvalue weighted by atomic mass is 35.5. The molecule has 0 bridgehead atoms. The minimum atomic E-state index is 0.232. The first-order valence-electron chi connectivity index (χ1n) is 7.67. The molecule has 0 aliphatic carbocycles. The molecule has 1 aliphatic heterocycles. The highest BCUT2D eigenvalue weighted by Crippen LogP contribution is 2.29. The predicted octanol–water partition coefficient (Wildman–Crippen LogP) is 2.35. The number of aryl methyl sites for hydroxylation is 2. The van der Waals surface area contributed by atoms with Crippen molar-refractivity contribution in [3.05, 3.63) is 22.5 Å². The SMILES string of the molecule is Cc1cc(-c2nn(C)c(Cl)c2CN2CCCC[C@H](N)C2)no1. The topological polar surface area (TPSA) is 73.1 Å². The van der Waals surface area contributed by atoms with Gasteiger partial charge in [-0.2, -0.15) is 5.10 Å². The molecule has 2 N–H and O–H groups in total. The van der Waals surface area contributed by atoms with Crippen LogP contribution in [-0.4, -0.2) is 39.0 Å². The molecule has 0 amide bonds. The molecule has 0 aromatic carbocycles.